The van der Waals surface area contributed by atoms with Gasteiger partial charge in [-0.25, -0.2) is 0 Å². The molecule has 4 aromatic rings. The molecule has 1 aliphatic heterocycles. The number of hydrogen-bond acceptors (Lipinski definition) is 5. The summed E-state index contributed by atoms with van der Waals surface area (Å²) in [5.41, 5.74) is 4.69. The van der Waals surface area contributed by atoms with E-state index < -0.39 is 10.1 Å². The van der Waals surface area contributed by atoms with Crippen molar-refractivity contribution in [3.8, 4) is 11.5 Å². The van der Waals surface area contributed by atoms with Crippen LogP contribution in [0.15, 0.2) is 82.3 Å². The van der Waals surface area contributed by atoms with Gasteiger partial charge in [0.1, 0.15) is 0 Å². The molecule has 7 nitrogen and oxygen atoms in total. The second kappa shape index (κ2) is 12.2. The van der Waals surface area contributed by atoms with Crippen molar-refractivity contribution in [1.82, 2.24) is 0 Å². The Balaban J connectivity index is 0.000000270. The van der Waals surface area contributed by atoms with Gasteiger partial charge < -0.3 is 0 Å². The molecule has 1 aromatic heterocycles. The molecule has 3 aromatic carbocycles. The molecule has 0 fully saturated rings. The van der Waals surface area contributed by atoms with Gasteiger partial charge in [0.2, 0.25) is 0 Å². The van der Waals surface area contributed by atoms with Crippen molar-refractivity contribution in [2.75, 3.05) is 25.7 Å². The molecule has 0 spiro atoms. The van der Waals surface area contributed by atoms with Crippen molar-refractivity contribution < 1.29 is 27.0 Å². The largest absolute Gasteiger partial charge is 0.294 e. The van der Waals surface area contributed by atoms with Crippen LogP contribution in [0.5, 0.6) is 11.5 Å². The maximum Gasteiger partial charge on any atom is 0.294 e. The summed E-state index contributed by atoms with van der Waals surface area (Å²) in [7, 11) is -0.584. The standard InChI is InChI=1S/C23H25N2O2Se.C7H8O3S/c1-5-24-17(8-7-16-13-18(26-3)9-11-20(16)24)14-23-25(6-2)21-15-19(27-4)10-12-22(21)28-23;1-6-2-4-7(5-3-6)11(8,9)10/h7-15H,5-6H2,1-4H3;2-5H,1H3,(H,8,9,10)/q+1;. The molecule has 0 radical (unpaired) electrons. The van der Waals surface area contributed by atoms with Gasteiger partial charge in [-0.15, -0.1) is 0 Å². The zero-order chi connectivity index (χ0) is 28.2. The van der Waals surface area contributed by atoms with E-state index in [1.165, 1.54) is 43.5 Å². The first-order valence-corrected chi connectivity index (χ1v) is 15.7. The van der Waals surface area contributed by atoms with Crippen molar-refractivity contribution in [2.45, 2.75) is 32.2 Å². The third-order valence-electron chi connectivity index (χ3n) is 6.43. The van der Waals surface area contributed by atoms with E-state index in [1.54, 1.807) is 26.4 Å². The number of benzene rings is 3. The number of methoxy groups -OCH3 is 2. The van der Waals surface area contributed by atoms with E-state index in [0.717, 1.165) is 30.2 Å². The van der Waals surface area contributed by atoms with Gasteiger partial charge in [-0.3, -0.25) is 4.55 Å². The first kappa shape index (κ1) is 28.6. The Labute approximate surface area is 236 Å². The topological polar surface area (TPSA) is 80.0 Å². The minimum Gasteiger partial charge on any atom is -0.282 e. The molecule has 9 heteroatoms. The maximum absolute atomic E-state index is 10.5. The number of rotatable bonds is 6. The molecule has 204 valence electrons. The molecule has 0 amide bonds. The molecule has 0 bridgehead atoms. The summed E-state index contributed by atoms with van der Waals surface area (Å²) in [6.45, 7) is 8.11. The fourth-order valence-corrected chi connectivity index (χ4v) is 7.30. The van der Waals surface area contributed by atoms with Crippen molar-refractivity contribution in [3.05, 3.63) is 88.6 Å². The van der Waals surface area contributed by atoms with E-state index in [2.05, 4.69) is 71.9 Å². The number of pyridine rings is 1. The molecule has 1 N–H and O–H groups in total. The summed E-state index contributed by atoms with van der Waals surface area (Å²) in [4.78, 5) is 2.35. The second-order valence-electron chi connectivity index (χ2n) is 8.88. The minimum absolute atomic E-state index is 0.0666. The number of aromatic nitrogens is 1. The summed E-state index contributed by atoms with van der Waals surface area (Å²) >= 11 is 0.290. The quantitative estimate of drug-likeness (QED) is 0.195. The van der Waals surface area contributed by atoms with Crippen molar-refractivity contribution >= 4 is 52.2 Å². The van der Waals surface area contributed by atoms with Crippen LogP contribution in [0.4, 0.5) is 5.69 Å². The van der Waals surface area contributed by atoms with Crippen LogP contribution in [0, 0.1) is 6.92 Å². The fourth-order valence-electron chi connectivity index (χ4n) is 4.40. The molecule has 0 saturated carbocycles. The van der Waals surface area contributed by atoms with Crippen LogP contribution in [0.1, 0.15) is 25.1 Å². The van der Waals surface area contributed by atoms with E-state index in [9.17, 15) is 8.42 Å². The Morgan fingerprint density at radius 3 is 2.21 bits per heavy atom. The summed E-state index contributed by atoms with van der Waals surface area (Å²) in [5, 5.41) is 1.20. The van der Waals surface area contributed by atoms with Crippen LogP contribution >= 0.6 is 0 Å². The number of anilines is 1. The smallest absolute Gasteiger partial charge is 0.282 e. The van der Waals surface area contributed by atoms with Gasteiger partial charge >= 0.3 is 173 Å². The molecule has 1 aliphatic rings. The van der Waals surface area contributed by atoms with Gasteiger partial charge in [-0.2, -0.15) is 8.42 Å². The number of aryl methyl sites for hydroxylation is 2. The van der Waals surface area contributed by atoms with E-state index in [-0.39, 0.29) is 19.9 Å². The number of fused-ring (bicyclic) bond motifs is 2. The number of hydrogen-bond donors (Lipinski definition) is 1. The predicted molar refractivity (Wildman–Crippen MR) is 157 cm³/mol. The number of ether oxygens (including phenoxy) is 2. The molecule has 5 rings (SSSR count). The SMILES string of the molecule is CCN1/C(=C/c2ccc3cc(OC)ccc3[n+]2CC)[Se]c2ccc(OC)cc21.Cc1ccc(S(=O)(=O)O)cc1. The predicted octanol–water partition coefficient (Wildman–Crippen LogP) is 4.57. The van der Waals surface area contributed by atoms with E-state index in [4.69, 9.17) is 14.0 Å². The maximum atomic E-state index is 10.5. The Morgan fingerprint density at radius 2 is 1.59 bits per heavy atom. The van der Waals surface area contributed by atoms with E-state index in [0.29, 0.717) is 0 Å². The normalized spacial score (nSPS) is 13.7. The van der Waals surface area contributed by atoms with Crippen LogP contribution < -0.4 is 23.4 Å². The van der Waals surface area contributed by atoms with Crippen LogP contribution in [0.25, 0.3) is 17.0 Å². The van der Waals surface area contributed by atoms with E-state index in [1.807, 2.05) is 13.0 Å². The van der Waals surface area contributed by atoms with Crippen molar-refractivity contribution in [2.24, 2.45) is 0 Å². The molecular weight excluding hydrogens is 579 g/mol. The van der Waals surface area contributed by atoms with Crippen LogP contribution in [0.2, 0.25) is 0 Å². The summed E-state index contributed by atoms with van der Waals surface area (Å²) < 4.78 is 45.5. The van der Waals surface area contributed by atoms with Gasteiger partial charge in [0.05, 0.1) is 4.90 Å². The summed E-state index contributed by atoms with van der Waals surface area (Å²) in [6, 6.07) is 23.1. The Bertz CT molecular complexity index is 1620. The first-order valence-electron chi connectivity index (χ1n) is 12.6. The zero-order valence-corrected chi connectivity index (χ0v) is 25.2. The number of nitrogens with zero attached hydrogens (tertiary/aromatic N) is 2. The van der Waals surface area contributed by atoms with Gasteiger partial charge in [0.25, 0.3) is 10.1 Å². The average Bonchev–Trinajstić information content (AvgIpc) is 3.28. The molecule has 39 heavy (non-hydrogen) atoms. The first-order chi connectivity index (χ1) is 18.7. The minimum atomic E-state index is -4.02. The third kappa shape index (κ3) is 6.45. The molecule has 2 heterocycles. The molecule has 0 saturated heterocycles. The second-order valence-corrected chi connectivity index (χ2v) is 12.5. The van der Waals surface area contributed by atoms with Gasteiger partial charge in [0.15, 0.2) is 0 Å². The van der Waals surface area contributed by atoms with Crippen LogP contribution in [-0.2, 0) is 16.7 Å². The summed E-state index contributed by atoms with van der Waals surface area (Å²) in [5.74, 6) is 1.81. The molecular formula is C30H33N2O5SSe+. The molecule has 0 atom stereocenters. The fraction of sp³-hybridized carbons (Fsp3) is 0.233. The van der Waals surface area contributed by atoms with E-state index >= 15 is 0 Å². The average molecular weight is 613 g/mol. The zero-order valence-electron chi connectivity index (χ0n) is 22.7. The van der Waals surface area contributed by atoms with Gasteiger partial charge in [-0.1, -0.05) is 17.7 Å². The third-order valence-corrected chi connectivity index (χ3v) is 9.63. The Hall–Kier alpha value is -3.36. The molecule has 0 aliphatic carbocycles. The summed E-state index contributed by atoms with van der Waals surface area (Å²) in [6.07, 6.45) is 2.35. The monoisotopic (exact) mass is 613 g/mol. The Kier molecular flexibility index (Phi) is 8.97. The van der Waals surface area contributed by atoms with Crippen molar-refractivity contribution in [3.63, 3.8) is 0 Å². The van der Waals surface area contributed by atoms with Gasteiger partial charge in [0, 0.05) is 0 Å². The van der Waals surface area contributed by atoms with Crippen LogP contribution in [0.3, 0.4) is 0 Å². The van der Waals surface area contributed by atoms with Crippen molar-refractivity contribution in [1.29, 1.82) is 0 Å². The van der Waals surface area contributed by atoms with Gasteiger partial charge in [-0.05, 0) is 19.1 Å². The molecule has 0 unspecified atom stereocenters. The van der Waals surface area contributed by atoms with Crippen LogP contribution in [-0.4, -0.2) is 48.7 Å². The Morgan fingerprint density at radius 1 is 0.923 bits per heavy atom.